The maximum atomic E-state index is 5.12. The number of nitrogens with zero attached hydrogens (tertiary/aromatic N) is 28. The smallest absolute Gasteiger partial charge is 0.749 e. The van der Waals surface area contributed by atoms with Crippen LogP contribution in [-0.2, 0) is 90.7 Å². The monoisotopic (exact) mass is 2500 g/mol. The summed E-state index contributed by atoms with van der Waals surface area (Å²) < 4.78 is 21.7. The maximum Gasteiger partial charge on any atom is 2.00 e. The largest absolute Gasteiger partial charge is 2.00 e. The molecule has 21 aromatic rings. The maximum absolute atomic E-state index is 5.12. The first-order chi connectivity index (χ1) is 64.7. The van der Waals surface area contributed by atoms with Gasteiger partial charge >= 0.3 is 84.3 Å². The molecule has 1 aliphatic heterocycles. The molecule has 28 nitrogen and oxygen atoms in total. The molecule has 0 radical (unpaired) electrons. The Morgan fingerprint density at radius 1 is 0.348 bits per heavy atom. The van der Waals surface area contributed by atoms with Crippen LogP contribution in [0.4, 0.5) is 0 Å². The topological polar surface area (TPSA) is 262 Å². The van der Waals surface area contributed by atoms with Crippen molar-refractivity contribution in [2.24, 2.45) is 0 Å². The Morgan fingerprint density at radius 2 is 0.867 bits per heavy atom. The van der Waals surface area contributed by atoms with Crippen molar-refractivity contribution in [3.63, 3.8) is 0 Å². The minimum atomic E-state index is 0. The summed E-state index contributed by atoms with van der Waals surface area (Å²) >= 11 is 0. The standard InChI is InChI=1S/C8H7N.C7H7N3.4C7H6N2.C6H7N3.2C6H5N3.2C6H5N.C5H5N3.C5H4N2.10C2H6.4W/c1-2-6-9-7-3-5-8(9)4-1;1-6-8-9-7-4-2-3-5-10(6)7;1-3-7-8-4-2-6-9(7)5-1;1-3-7-4-2-6-9(7)8-5-1;1-2-7-6-8-3-5-9(7)4-1;1-2-6-9-7(3-1)4-5-8-9;1-5-7-8-6-3-2-4-9(5)6;1-3-7-6-2-4-8-9(6)5-1;1-2-6-4-7-5-9(6)8-3-1;1-2-7-5-3-4-6-7;1-2-6-4-3-5-7-6;1-3-8-4-6-7-5(8)2;1-2-7-5-3-4-6-7;10*1-2;;;;/h1-7H;2-5H,1H3;4*1-6H;2,4H,3H2,1H3;2*1-5H;2*1-5H;1,3H,2H3;1-4H;10*1-2H3;;;;/q;;;;;;;;;4*-2;;;;;;;;;;;4*+2. The zero-order valence-corrected chi connectivity index (χ0v) is 94.0. The van der Waals surface area contributed by atoms with Crippen molar-refractivity contribution in [3.05, 3.63) is 405 Å². The number of allylic oxidation sites excluding steroid dienone is 1. The second-order valence-electron chi connectivity index (χ2n) is 22.3. The summed E-state index contributed by atoms with van der Waals surface area (Å²) in [5, 5.41) is 42.6. The molecule has 0 amide bonds. The van der Waals surface area contributed by atoms with Gasteiger partial charge in [0.05, 0.1) is 40.7 Å². The van der Waals surface area contributed by atoms with Gasteiger partial charge in [-0.25, -0.2) is 43.2 Å². The van der Waals surface area contributed by atoms with Crippen molar-refractivity contribution in [3.8, 4) is 0 Å². The quantitative estimate of drug-likeness (QED) is 0.148. The molecule has 0 saturated heterocycles. The first-order valence-corrected chi connectivity index (χ1v) is 44.0. The number of pyridine rings is 3. The number of rotatable bonds is 4. The van der Waals surface area contributed by atoms with Crippen LogP contribution in [0.5, 0.6) is 0 Å². The predicted octanol–water partition coefficient (Wildman–Crippen LogP) is 23.8. The van der Waals surface area contributed by atoms with Crippen molar-refractivity contribution < 1.29 is 84.3 Å². The molecule has 710 valence electrons. The first-order valence-electron chi connectivity index (χ1n) is 44.0. The van der Waals surface area contributed by atoms with Crippen LogP contribution >= 0.6 is 0 Å². The van der Waals surface area contributed by atoms with E-state index in [1.807, 2.05) is 417 Å². The van der Waals surface area contributed by atoms with Crippen LogP contribution in [0, 0.1) is 65.8 Å². The summed E-state index contributed by atoms with van der Waals surface area (Å²) in [4.78, 5) is 19.9. The summed E-state index contributed by atoms with van der Waals surface area (Å²) in [7, 11) is 0. The van der Waals surface area contributed by atoms with Crippen molar-refractivity contribution in [2.45, 2.75) is 166 Å². The van der Waals surface area contributed by atoms with Gasteiger partial charge in [-0.3, -0.25) is 50.3 Å². The fourth-order valence-electron chi connectivity index (χ4n) is 9.52. The second-order valence-corrected chi connectivity index (χ2v) is 22.3. The van der Waals surface area contributed by atoms with E-state index in [1.54, 1.807) is 101 Å². The van der Waals surface area contributed by atoms with Crippen LogP contribution in [-0.4, -0.2) is 130 Å². The molecule has 22 heterocycles. The molecule has 0 atom stereocenters. The Hall–Kier alpha value is -13.1. The summed E-state index contributed by atoms with van der Waals surface area (Å²) in [5.41, 5.74) is 9.30. The summed E-state index contributed by atoms with van der Waals surface area (Å²) in [6, 6.07) is 58.5. The Bertz CT molecular complexity index is 5230. The molecular formula is C103H134N28W4. The van der Waals surface area contributed by atoms with E-state index in [4.69, 9.17) is 26.3 Å². The minimum absolute atomic E-state index is 0. The van der Waals surface area contributed by atoms with Gasteiger partial charge in [0.15, 0.2) is 11.3 Å². The average Bonchev–Trinajstić information content (AvgIpc) is 1.69. The molecule has 0 aromatic carbocycles. The van der Waals surface area contributed by atoms with Crippen LogP contribution in [0.25, 0.3) is 75.4 Å². The molecule has 0 spiro atoms. The molecule has 0 unspecified atom stereocenters. The zero-order chi connectivity index (χ0) is 97.3. The van der Waals surface area contributed by atoms with Crippen LogP contribution in [0.15, 0.2) is 331 Å². The number of aromatic nitrogens is 28. The van der Waals surface area contributed by atoms with Crippen LogP contribution < -0.4 is 4.98 Å². The SMILES string of the molecule is CC.CC.CC.CC.CC.CC.CC.CC.CC.CC.Cc1nnc2ccccn12.Cc1nnc2n1C=CC2.[CH-]=Cc1ccc[n-]1.[CH-]=Cn1[c-]ccc1.[CH-]=Cn1[c-]ccn1.[CH-]=Cn1[c-]nnc1C.[W+2].[W+2].[W+2].[W+2].c1cc2cnccn2c1.c1ccn2cccc2c1.c1ccn2nccc2c1.c1cnc2cccn2c1.c1cnc2ccnn2c1.c1cnn2cccc2c1.c1cnn2cncc2c1. The van der Waals surface area contributed by atoms with Crippen LogP contribution in [0.1, 0.15) is 167 Å². The third-order valence-corrected chi connectivity index (χ3v) is 14.9. The fraction of sp³-hybridized carbons (Fsp3) is 0.233. The van der Waals surface area contributed by atoms with Crippen molar-refractivity contribution in [2.75, 3.05) is 0 Å². The fourth-order valence-corrected chi connectivity index (χ4v) is 9.52. The van der Waals surface area contributed by atoms with Gasteiger partial charge in [0.2, 0.25) is 0 Å². The van der Waals surface area contributed by atoms with Crippen molar-refractivity contribution in [1.82, 2.24) is 135 Å². The molecule has 21 aromatic heterocycles. The van der Waals surface area contributed by atoms with Crippen LogP contribution in [0.3, 0.4) is 0 Å². The van der Waals surface area contributed by atoms with E-state index in [9.17, 15) is 0 Å². The Kier molecular flexibility index (Phi) is 84.5. The van der Waals surface area contributed by atoms with Crippen LogP contribution in [0.2, 0.25) is 0 Å². The number of hydrogen-bond acceptors (Lipinski definition) is 15. The average molecular weight is 2500 g/mol. The molecule has 1 aliphatic rings. The van der Waals surface area contributed by atoms with Gasteiger partial charge in [-0.2, -0.15) is 38.7 Å². The summed E-state index contributed by atoms with van der Waals surface area (Å²) in [6.45, 7) is 66.0. The van der Waals surface area contributed by atoms with E-state index < -0.39 is 0 Å². The Labute approximate surface area is 858 Å². The molecule has 32 heteroatoms. The Morgan fingerprint density at radius 3 is 1.41 bits per heavy atom. The van der Waals surface area contributed by atoms with Gasteiger partial charge in [-0.1, -0.05) is 188 Å². The Balaban J connectivity index is -0.000000444. The van der Waals surface area contributed by atoms with Gasteiger partial charge in [0, 0.05) is 136 Å². The van der Waals surface area contributed by atoms with E-state index in [2.05, 4.69) is 122 Å². The van der Waals surface area contributed by atoms with E-state index >= 15 is 0 Å². The number of fused-ring (bicyclic) bond motifs is 9. The molecule has 0 N–H and O–H groups in total. The van der Waals surface area contributed by atoms with E-state index in [0.29, 0.717) is 0 Å². The molecule has 135 heavy (non-hydrogen) atoms. The molecule has 0 fully saturated rings. The third kappa shape index (κ3) is 50.5. The van der Waals surface area contributed by atoms with E-state index in [0.717, 1.165) is 74.4 Å². The molecule has 0 aliphatic carbocycles. The normalized spacial score (nSPS) is 8.82. The number of hydrogen-bond donors (Lipinski definition) is 0. The summed E-state index contributed by atoms with van der Waals surface area (Å²) in [6.07, 6.45) is 61.0. The van der Waals surface area contributed by atoms with E-state index in [-0.39, 0.29) is 84.3 Å². The number of imidazole rings is 1. The van der Waals surface area contributed by atoms with Gasteiger partial charge < -0.3 is 57.4 Å². The van der Waals surface area contributed by atoms with Gasteiger partial charge in [-0.15, -0.1) is 44.8 Å². The second kappa shape index (κ2) is 87.5. The molecular weight excluding hydrogens is 2360 g/mol. The summed E-state index contributed by atoms with van der Waals surface area (Å²) in [5.74, 6) is 3.69. The van der Waals surface area contributed by atoms with Crippen molar-refractivity contribution >= 4 is 75.4 Å². The molecule has 0 saturated carbocycles. The van der Waals surface area contributed by atoms with Gasteiger partial charge in [-0.05, 0) is 141 Å². The first kappa shape index (κ1) is 130. The van der Waals surface area contributed by atoms with Gasteiger partial charge in [0.25, 0.3) is 0 Å². The molecule has 0 bridgehead atoms. The van der Waals surface area contributed by atoms with E-state index in [1.165, 1.54) is 39.4 Å². The van der Waals surface area contributed by atoms with Crippen molar-refractivity contribution in [1.29, 1.82) is 0 Å². The predicted molar refractivity (Wildman–Crippen MR) is 541 cm³/mol. The third-order valence-electron chi connectivity index (χ3n) is 14.9. The number of aryl methyl sites for hydroxylation is 3. The zero-order valence-electron chi connectivity index (χ0n) is 82.2. The minimum Gasteiger partial charge on any atom is -0.749 e. The molecule has 22 rings (SSSR count). The van der Waals surface area contributed by atoms with Gasteiger partial charge in [0.1, 0.15) is 29.4 Å².